The summed E-state index contributed by atoms with van der Waals surface area (Å²) in [5.74, 6) is -1.33. The van der Waals surface area contributed by atoms with Gasteiger partial charge < -0.3 is 16.2 Å². The first-order chi connectivity index (χ1) is 8.82. The van der Waals surface area contributed by atoms with Crippen LogP contribution in [0.25, 0.3) is 0 Å². The van der Waals surface area contributed by atoms with Gasteiger partial charge in [0.25, 0.3) is 5.91 Å². The van der Waals surface area contributed by atoms with E-state index in [1.807, 2.05) is 13.8 Å². The average Bonchev–Trinajstić information content (AvgIpc) is 2.73. The lowest BCUT2D eigenvalue weighted by Gasteiger charge is -2.23. The Morgan fingerprint density at radius 3 is 2.58 bits per heavy atom. The molecular weight excluding hydrogens is 252 g/mol. The summed E-state index contributed by atoms with van der Waals surface area (Å²) in [5, 5.41) is 18.0. The number of nitrogens with two attached hydrogens (primary N) is 1. The monoisotopic (exact) mass is 270 g/mol. The smallest absolute Gasteiger partial charge is 0.303 e. The summed E-state index contributed by atoms with van der Waals surface area (Å²) in [6.07, 6.45) is 1.31. The number of nitrogens with one attached hydrogen (secondary N) is 1. The first-order valence-corrected chi connectivity index (χ1v) is 5.90. The van der Waals surface area contributed by atoms with Crippen molar-refractivity contribution in [3.63, 3.8) is 0 Å². The highest BCUT2D eigenvalue weighted by Crippen LogP contribution is 2.26. The summed E-state index contributed by atoms with van der Waals surface area (Å²) < 4.78 is 4.33. The fourth-order valence-corrected chi connectivity index (χ4v) is 1.52. The van der Waals surface area contributed by atoms with Crippen LogP contribution in [0.15, 0.2) is 4.63 Å². The normalized spacial score (nSPS) is 11.3. The minimum absolute atomic E-state index is 0.0386. The number of rotatable bonds is 7. The molecule has 1 rings (SSSR count). The zero-order chi connectivity index (χ0) is 14.5. The maximum absolute atomic E-state index is 11.6. The molecule has 0 radical (unpaired) electrons. The number of anilines is 1. The molecule has 0 fully saturated rings. The van der Waals surface area contributed by atoms with E-state index in [-0.39, 0.29) is 23.3 Å². The Morgan fingerprint density at radius 1 is 1.37 bits per heavy atom. The molecule has 0 aliphatic heterocycles. The number of amides is 1. The molecule has 8 heteroatoms. The number of nitrogen functional groups attached to an aromatic ring is 1. The summed E-state index contributed by atoms with van der Waals surface area (Å²) in [6, 6.07) is 0. The Balaban J connectivity index is 2.35. The van der Waals surface area contributed by atoms with Crippen molar-refractivity contribution in [2.24, 2.45) is 5.41 Å². The highest BCUT2D eigenvalue weighted by atomic mass is 16.6. The number of nitrogens with zero attached hydrogens (tertiary/aromatic N) is 2. The van der Waals surface area contributed by atoms with Gasteiger partial charge in [0.05, 0.1) is 0 Å². The highest BCUT2D eigenvalue weighted by molar-refractivity contribution is 5.95. The molecule has 0 atom stereocenters. The molecule has 0 spiro atoms. The van der Waals surface area contributed by atoms with Gasteiger partial charge in [0, 0.05) is 13.0 Å². The molecule has 106 valence electrons. The van der Waals surface area contributed by atoms with E-state index >= 15 is 0 Å². The van der Waals surface area contributed by atoms with Crippen LogP contribution in [0.4, 0.5) is 5.82 Å². The van der Waals surface area contributed by atoms with Gasteiger partial charge in [-0.2, -0.15) is 0 Å². The molecule has 0 bridgehead atoms. The third-order valence-corrected chi connectivity index (χ3v) is 2.83. The number of carbonyl (C=O) groups excluding carboxylic acids is 1. The lowest BCUT2D eigenvalue weighted by molar-refractivity contribution is -0.137. The van der Waals surface area contributed by atoms with E-state index in [0.717, 1.165) is 0 Å². The number of hydrogen-bond donors (Lipinski definition) is 3. The molecule has 0 saturated carbocycles. The van der Waals surface area contributed by atoms with Crippen molar-refractivity contribution in [1.29, 1.82) is 0 Å². The Bertz CT molecular complexity index is 455. The van der Waals surface area contributed by atoms with Crippen LogP contribution in [-0.4, -0.2) is 33.8 Å². The second-order valence-corrected chi connectivity index (χ2v) is 5.06. The summed E-state index contributed by atoms with van der Waals surface area (Å²) in [5.41, 5.74) is 5.18. The molecule has 0 aliphatic carbocycles. The Labute approximate surface area is 110 Å². The number of carbonyl (C=O) groups is 2. The fourth-order valence-electron chi connectivity index (χ4n) is 1.52. The maximum Gasteiger partial charge on any atom is 0.303 e. The number of aromatic nitrogens is 2. The van der Waals surface area contributed by atoms with Gasteiger partial charge in [-0.1, -0.05) is 13.8 Å². The molecule has 0 unspecified atom stereocenters. The molecule has 8 nitrogen and oxygen atoms in total. The SMILES string of the molecule is CC(C)(CCNC(=O)c1nonc1N)CCC(=O)O. The van der Waals surface area contributed by atoms with E-state index in [1.54, 1.807) is 0 Å². The van der Waals surface area contributed by atoms with Crippen LogP contribution < -0.4 is 11.1 Å². The molecular formula is C11H18N4O4. The molecule has 1 aromatic rings. The number of aliphatic carboxylic acids is 1. The van der Waals surface area contributed by atoms with E-state index in [9.17, 15) is 9.59 Å². The topological polar surface area (TPSA) is 131 Å². The van der Waals surface area contributed by atoms with E-state index in [2.05, 4.69) is 20.3 Å². The van der Waals surface area contributed by atoms with Gasteiger partial charge in [-0.3, -0.25) is 9.59 Å². The van der Waals surface area contributed by atoms with E-state index in [0.29, 0.717) is 19.4 Å². The molecule has 4 N–H and O–H groups in total. The second kappa shape index (κ2) is 6.17. The molecule has 1 aromatic heterocycles. The zero-order valence-corrected chi connectivity index (χ0v) is 11.0. The summed E-state index contributed by atoms with van der Waals surface area (Å²) >= 11 is 0. The van der Waals surface area contributed by atoms with Crippen molar-refractivity contribution in [3.05, 3.63) is 5.69 Å². The Kier molecular flexibility index (Phi) is 4.85. The first-order valence-electron chi connectivity index (χ1n) is 5.90. The van der Waals surface area contributed by atoms with Crippen molar-refractivity contribution in [2.75, 3.05) is 12.3 Å². The van der Waals surface area contributed by atoms with Gasteiger partial charge in [0.15, 0.2) is 0 Å². The van der Waals surface area contributed by atoms with Crippen LogP contribution >= 0.6 is 0 Å². The quantitative estimate of drug-likeness (QED) is 0.663. The summed E-state index contributed by atoms with van der Waals surface area (Å²) in [4.78, 5) is 22.1. The van der Waals surface area contributed by atoms with Crippen molar-refractivity contribution in [1.82, 2.24) is 15.6 Å². The predicted molar refractivity (Wildman–Crippen MR) is 66.3 cm³/mol. The Hall–Kier alpha value is -2.12. The molecule has 19 heavy (non-hydrogen) atoms. The average molecular weight is 270 g/mol. The van der Waals surface area contributed by atoms with Gasteiger partial charge in [-0.05, 0) is 28.6 Å². The van der Waals surface area contributed by atoms with Crippen molar-refractivity contribution >= 4 is 17.7 Å². The predicted octanol–water partition coefficient (Wildman–Crippen LogP) is 0.663. The van der Waals surface area contributed by atoms with Crippen LogP contribution in [-0.2, 0) is 4.79 Å². The molecule has 1 amide bonds. The molecule has 0 saturated heterocycles. The van der Waals surface area contributed by atoms with Crippen LogP contribution in [0.3, 0.4) is 0 Å². The Morgan fingerprint density at radius 2 is 2.05 bits per heavy atom. The molecule has 0 aromatic carbocycles. The third kappa shape index (κ3) is 4.94. The number of carboxylic acids is 1. The van der Waals surface area contributed by atoms with Gasteiger partial charge in [0.1, 0.15) is 0 Å². The fraction of sp³-hybridized carbons (Fsp3) is 0.636. The zero-order valence-electron chi connectivity index (χ0n) is 11.0. The van der Waals surface area contributed by atoms with E-state index in [4.69, 9.17) is 10.8 Å². The van der Waals surface area contributed by atoms with Crippen LogP contribution in [0.5, 0.6) is 0 Å². The third-order valence-electron chi connectivity index (χ3n) is 2.83. The van der Waals surface area contributed by atoms with Crippen molar-refractivity contribution in [2.45, 2.75) is 33.1 Å². The summed E-state index contributed by atoms with van der Waals surface area (Å²) in [6.45, 7) is 4.31. The van der Waals surface area contributed by atoms with Crippen molar-refractivity contribution in [3.8, 4) is 0 Å². The van der Waals surface area contributed by atoms with Gasteiger partial charge in [-0.15, -0.1) is 0 Å². The summed E-state index contributed by atoms with van der Waals surface area (Å²) in [7, 11) is 0. The van der Waals surface area contributed by atoms with Crippen LogP contribution in [0, 0.1) is 5.41 Å². The highest BCUT2D eigenvalue weighted by Gasteiger charge is 2.20. The minimum Gasteiger partial charge on any atom is -0.481 e. The van der Waals surface area contributed by atoms with E-state index in [1.165, 1.54) is 0 Å². The second-order valence-electron chi connectivity index (χ2n) is 5.06. The van der Waals surface area contributed by atoms with Crippen LogP contribution in [0.2, 0.25) is 0 Å². The number of hydrogen-bond acceptors (Lipinski definition) is 6. The largest absolute Gasteiger partial charge is 0.481 e. The van der Waals surface area contributed by atoms with Gasteiger partial charge in [-0.25, -0.2) is 4.63 Å². The van der Waals surface area contributed by atoms with Gasteiger partial charge in [0.2, 0.25) is 11.5 Å². The number of carboxylic acid groups (broad SMARTS) is 1. The standard InChI is InChI=1S/C11H18N4O4/c1-11(2,4-3-7(16)17)5-6-13-10(18)8-9(12)15-19-14-8/h3-6H2,1-2H3,(H2,12,15)(H,13,18)(H,16,17). The van der Waals surface area contributed by atoms with E-state index < -0.39 is 11.9 Å². The van der Waals surface area contributed by atoms with Crippen molar-refractivity contribution < 1.29 is 19.3 Å². The first kappa shape index (κ1) is 14.9. The van der Waals surface area contributed by atoms with Gasteiger partial charge >= 0.3 is 5.97 Å². The lowest BCUT2D eigenvalue weighted by Crippen LogP contribution is -2.29. The minimum atomic E-state index is -0.821. The molecule has 1 heterocycles. The molecule has 0 aliphatic rings. The lowest BCUT2D eigenvalue weighted by atomic mass is 9.84. The van der Waals surface area contributed by atoms with Crippen LogP contribution in [0.1, 0.15) is 43.6 Å². The maximum atomic E-state index is 11.6.